The van der Waals surface area contributed by atoms with Crippen LogP contribution in [0, 0.1) is 6.92 Å². The standard InChI is InChI=1S/C17H20F3N3O/c1-5-6-7-21-14-8-13(17(18,19)20)9-15-16(14)23(12(3)22-15)11(2)10-24-4/h5,7-9,11H,1,6,10H2,2-4H3. The van der Waals surface area contributed by atoms with Gasteiger partial charge in [0.05, 0.1) is 34.9 Å². The van der Waals surface area contributed by atoms with Crippen molar-refractivity contribution in [1.29, 1.82) is 0 Å². The van der Waals surface area contributed by atoms with Crippen LogP contribution in [0.5, 0.6) is 0 Å². The molecule has 4 nitrogen and oxygen atoms in total. The van der Waals surface area contributed by atoms with E-state index in [4.69, 9.17) is 4.74 Å². The molecule has 0 N–H and O–H groups in total. The van der Waals surface area contributed by atoms with E-state index >= 15 is 0 Å². The average molecular weight is 339 g/mol. The molecule has 1 unspecified atom stereocenters. The van der Waals surface area contributed by atoms with Crippen molar-refractivity contribution in [2.75, 3.05) is 13.7 Å². The third kappa shape index (κ3) is 3.67. The maximum atomic E-state index is 13.1. The molecule has 0 spiro atoms. The molecule has 0 fully saturated rings. The predicted molar refractivity (Wildman–Crippen MR) is 89.0 cm³/mol. The molecule has 0 amide bonds. The molecule has 0 aliphatic rings. The second kappa shape index (κ2) is 7.17. The van der Waals surface area contributed by atoms with Gasteiger partial charge in [0.25, 0.3) is 0 Å². The van der Waals surface area contributed by atoms with Gasteiger partial charge in [-0.1, -0.05) is 6.08 Å². The van der Waals surface area contributed by atoms with Crippen molar-refractivity contribution < 1.29 is 17.9 Å². The molecular weight excluding hydrogens is 319 g/mol. The van der Waals surface area contributed by atoms with Crippen LogP contribution in [0.3, 0.4) is 0 Å². The highest BCUT2D eigenvalue weighted by molar-refractivity contribution is 5.90. The number of fused-ring (bicyclic) bond motifs is 1. The van der Waals surface area contributed by atoms with Crippen molar-refractivity contribution in [2.24, 2.45) is 4.99 Å². The number of hydrogen-bond acceptors (Lipinski definition) is 3. The van der Waals surface area contributed by atoms with Gasteiger partial charge in [-0.2, -0.15) is 13.2 Å². The Morgan fingerprint density at radius 2 is 2.12 bits per heavy atom. The van der Waals surface area contributed by atoms with Crippen LogP contribution in [0.15, 0.2) is 29.8 Å². The number of aromatic nitrogens is 2. The second-order valence-electron chi connectivity index (χ2n) is 5.53. The summed E-state index contributed by atoms with van der Waals surface area (Å²) in [4.78, 5) is 8.51. The quantitative estimate of drug-likeness (QED) is 0.557. The largest absolute Gasteiger partial charge is 0.416 e. The number of aliphatic imine (C=N–C) groups is 1. The van der Waals surface area contributed by atoms with Crippen LogP contribution >= 0.6 is 0 Å². The van der Waals surface area contributed by atoms with E-state index in [0.29, 0.717) is 24.4 Å². The fourth-order valence-corrected chi connectivity index (χ4v) is 2.67. The lowest BCUT2D eigenvalue weighted by Gasteiger charge is -2.17. The van der Waals surface area contributed by atoms with Gasteiger partial charge in [-0.3, -0.25) is 4.99 Å². The van der Waals surface area contributed by atoms with Gasteiger partial charge in [0.15, 0.2) is 0 Å². The number of ether oxygens (including phenoxy) is 1. The Morgan fingerprint density at radius 3 is 2.71 bits per heavy atom. The van der Waals surface area contributed by atoms with E-state index in [1.54, 1.807) is 20.1 Å². The van der Waals surface area contributed by atoms with Crippen LogP contribution < -0.4 is 0 Å². The molecule has 1 heterocycles. The molecule has 1 aromatic heterocycles. The number of methoxy groups -OCH3 is 1. The lowest BCUT2D eigenvalue weighted by Crippen LogP contribution is -2.12. The summed E-state index contributed by atoms with van der Waals surface area (Å²) >= 11 is 0. The molecule has 2 rings (SSSR count). The van der Waals surface area contributed by atoms with E-state index in [2.05, 4.69) is 16.6 Å². The molecule has 1 aromatic carbocycles. The van der Waals surface area contributed by atoms with Crippen LogP contribution in [-0.4, -0.2) is 29.5 Å². The Kier molecular flexibility index (Phi) is 5.43. The number of halogens is 3. The van der Waals surface area contributed by atoms with E-state index in [9.17, 15) is 13.2 Å². The van der Waals surface area contributed by atoms with Gasteiger partial charge in [-0.05, 0) is 26.0 Å². The summed E-state index contributed by atoms with van der Waals surface area (Å²) in [7, 11) is 1.58. The molecule has 130 valence electrons. The molecule has 0 bridgehead atoms. The van der Waals surface area contributed by atoms with Crippen LogP contribution in [0.1, 0.15) is 30.8 Å². The Morgan fingerprint density at radius 1 is 1.42 bits per heavy atom. The van der Waals surface area contributed by atoms with Gasteiger partial charge in [-0.25, -0.2) is 4.98 Å². The topological polar surface area (TPSA) is 39.4 Å². The number of imidazole rings is 1. The lowest BCUT2D eigenvalue weighted by atomic mass is 10.1. The summed E-state index contributed by atoms with van der Waals surface area (Å²) < 4.78 is 46.5. The molecule has 7 heteroatoms. The number of alkyl halides is 3. The molecule has 24 heavy (non-hydrogen) atoms. The smallest absolute Gasteiger partial charge is 0.383 e. The van der Waals surface area contributed by atoms with Gasteiger partial charge in [0.2, 0.25) is 0 Å². The normalized spacial score (nSPS) is 13.8. The first-order valence-electron chi connectivity index (χ1n) is 7.51. The number of nitrogens with zero attached hydrogens (tertiary/aromatic N) is 3. The Balaban J connectivity index is 2.72. The van der Waals surface area contributed by atoms with Gasteiger partial charge in [0, 0.05) is 19.7 Å². The van der Waals surface area contributed by atoms with Crippen molar-refractivity contribution >= 4 is 22.9 Å². The third-order valence-corrected chi connectivity index (χ3v) is 3.62. The van der Waals surface area contributed by atoms with Crippen LogP contribution in [0.25, 0.3) is 11.0 Å². The monoisotopic (exact) mass is 339 g/mol. The second-order valence-corrected chi connectivity index (χ2v) is 5.53. The average Bonchev–Trinajstić information content (AvgIpc) is 2.82. The number of allylic oxidation sites excluding steroid dienone is 1. The molecule has 0 radical (unpaired) electrons. The van der Waals surface area contributed by atoms with Gasteiger partial charge >= 0.3 is 6.18 Å². The minimum Gasteiger partial charge on any atom is -0.383 e. The first-order chi connectivity index (χ1) is 11.3. The van der Waals surface area contributed by atoms with Crippen molar-refractivity contribution in [3.63, 3.8) is 0 Å². The van der Waals surface area contributed by atoms with Gasteiger partial charge in [0.1, 0.15) is 5.82 Å². The van der Waals surface area contributed by atoms with E-state index in [0.717, 1.165) is 12.1 Å². The zero-order valence-corrected chi connectivity index (χ0v) is 13.9. The highest BCUT2D eigenvalue weighted by Gasteiger charge is 2.32. The van der Waals surface area contributed by atoms with Crippen molar-refractivity contribution in [3.8, 4) is 0 Å². The molecule has 0 saturated heterocycles. The summed E-state index contributed by atoms with van der Waals surface area (Å²) in [5.41, 5.74) is 0.330. The number of rotatable bonds is 6. The Hall–Kier alpha value is -2.15. The zero-order valence-electron chi connectivity index (χ0n) is 13.9. The van der Waals surface area contributed by atoms with Crippen LogP contribution in [0.4, 0.5) is 18.9 Å². The first-order valence-corrected chi connectivity index (χ1v) is 7.51. The van der Waals surface area contributed by atoms with Crippen molar-refractivity contribution in [2.45, 2.75) is 32.5 Å². The molecule has 0 aliphatic heterocycles. The van der Waals surface area contributed by atoms with Gasteiger partial charge in [-0.15, -0.1) is 6.58 Å². The van der Waals surface area contributed by atoms with E-state index in [1.165, 1.54) is 6.21 Å². The fraction of sp³-hybridized carbons (Fsp3) is 0.412. The Bertz CT molecular complexity index is 763. The summed E-state index contributed by atoms with van der Waals surface area (Å²) in [6, 6.07) is 2.04. The zero-order chi connectivity index (χ0) is 17.9. The first kappa shape index (κ1) is 18.2. The predicted octanol–water partition coefficient (Wildman–Crippen LogP) is 4.85. The summed E-state index contributed by atoms with van der Waals surface area (Å²) in [5.74, 6) is 0.619. The van der Waals surface area contributed by atoms with Crippen LogP contribution in [0.2, 0.25) is 0 Å². The lowest BCUT2D eigenvalue weighted by molar-refractivity contribution is -0.137. The van der Waals surface area contributed by atoms with E-state index in [-0.39, 0.29) is 17.2 Å². The molecule has 2 aromatic rings. The molecule has 1 atom stereocenters. The summed E-state index contributed by atoms with van der Waals surface area (Å²) in [6.45, 7) is 7.68. The minimum absolute atomic E-state index is 0.0786. The highest BCUT2D eigenvalue weighted by atomic mass is 19.4. The van der Waals surface area contributed by atoms with Crippen LogP contribution in [-0.2, 0) is 10.9 Å². The van der Waals surface area contributed by atoms with Gasteiger partial charge < -0.3 is 9.30 Å². The Labute approximate surface area is 138 Å². The third-order valence-electron chi connectivity index (χ3n) is 3.62. The summed E-state index contributed by atoms with van der Waals surface area (Å²) in [6.07, 6.45) is -0.814. The minimum atomic E-state index is -4.45. The SMILES string of the molecule is C=CCC=Nc1cc(C(F)(F)F)cc2nc(C)n(C(C)COC)c12. The van der Waals surface area contributed by atoms with Crippen molar-refractivity contribution in [1.82, 2.24) is 9.55 Å². The highest BCUT2D eigenvalue weighted by Crippen LogP contribution is 2.37. The maximum absolute atomic E-state index is 13.1. The fourth-order valence-electron chi connectivity index (χ4n) is 2.67. The maximum Gasteiger partial charge on any atom is 0.416 e. The number of aryl methyl sites for hydroxylation is 1. The molecular formula is C17H20F3N3O. The van der Waals surface area contributed by atoms with Crippen molar-refractivity contribution in [3.05, 3.63) is 36.2 Å². The van der Waals surface area contributed by atoms with E-state index in [1.807, 2.05) is 11.5 Å². The van der Waals surface area contributed by atoms with E-state index < -0.39 is 11.7 Å². The molecule has 0 saturated carbocycles. The number of benzene rings is 1. The summed E-state index contributed by atoms with van der Waals surface area (Å²) in [5, 5.41) is 0. The molecule has 0 aliphatic carbocycles. The number of hydrogen-bond donors (Lipinski definition) is 0.